The lowest BCUT2D eigenvalue weighted by molar-refractivity contribution is 0.0993. The van der Waals surface area contributed by atoms with Gasteiger partial charge in [-0.2, -0.15) is 0 Å². The van der Waals surface area contributed by atoms with Gasteiger partial charge in [-0.1, -0.05) is 6.07 Å². The third kappa shape index (κ3) is 2.76. The molecule has 0 saturated heterocycles. The molecule has 5 heteroatoms. The van der Waals surface area contributed by atoms with Crippen LogP contribution in [0.5, 0.6) is 5.75 Å². The number of anilines is 1. The Kier molecular flexibility index (Phi) is 3.85. The Hall–Kier alpha value is -1.88. The third-order valence-corrected chi connectivity index (χ3v) is 4.04. The van der Waals surface area contributed by atoms with E-state index in [1.807, 2.05) is 13.8 Å². The predicted octanol–water partition coefficient (Wildman–Crippen LogP) is 2.78. The highest BCUT2D eigenvalue weighted by Crippen LogP contribution is 2.26. The van der Waals surface area contributed by atoms with E-state index in [-0.39, 0.29) is 12.2 Å². The number of nitrogens with two attached hydrogens (primary N) is 1. The van der Waals surface area contributed by atoms with Gasteiger partial charge in [0.2, 0.25) is 0 Å². The van der Waals surface area contributed by atoms with Gasteiger partial charge in [-0.3, -0.25) is 4.79 Å². The summed E-state index contributed by atoms with van der Waals surface area (Å²) in [6.45, 7) is 3.95. The van der Waals surface area contributed by atoms with E-state index in [0.29, 0.717) is 17.0 Å². The second-order valence-corrected chi connectivity index (χ2v) is 5.56. The minimum Gasteiger partial charge on any atom is -0.495 e. The molecule has 100 valence electrons. The number of hydrogen-bond donors (Lipinski definition) is 1. The van der Waals surface area contributed by atoms with E-state index < -0.39 is 0 Å². The monoisotopic (exact) mass is 276 g/mol. The van der Waals surface area contributed by atoms with Crippen LogP contribution in [0, 0.1) is 13.8 Å². The van der Waals surface area contributed by atoms with Gasteiger partial charge in [-0.15, -0.1) is 11.3 Å². The van der Waals surface area contributed by atoms with Crippen LogP contribution in [0.15, 0.2) is 18.2 Å². The van der Waals surface area contributed by atoms with Crippen LogP contribution in [0.2, 0.25) is 0 Å². The van der Waals surface area contributed by atoms with Crippen LogP contribution in [-0.4, -0.2) is 17.9 Å². The van der Waals surface area contributed by atoms with Crippen molar-refractivity contribution in [3.8, 4) is 5.75 Å². The van der Waals surface area contributed by atoms with Gasteiger partial charge in [0.1, 0.15) is 10.8 Å². The first-order valence-electron chi connectivity index (χ1n) is 5.91. The van der Waals surface area contributed by atoms with Crippen LogP contribution in [-0.2, 0) is 6.42 Å². The zero-order valence-electron chi connectivity index (χ0n) is 11.2. The molecular weight excluding hydrogens is 260 g/mol. The van der Waals surface area contributed by atoms with Crippen molar-refractivity contribution >= 4 is 22.8 Å². The molecule has 1 aromatic carbocycles. The quantitative estimate of drug-likeness (QED) is 0.689. The van der Waals surface area contributed by atoms with Crippen molar-refractivity contribution in [2.24, 2.45) is 0 Å². The van der Waals surface area contributed by atoms with Gasteiger partial charge >= 0.3 is 0 Å². The maximum atomic E-state index is 12.3. The zero-order chi connectivity index (χ0) is 14.0. The predicted molar refractivity (Wildman–Crippen MR) is 77.0 cm³/mol. The maximum Gasteiger partial charge on any atom is 0.171 e. The Bertz CT molecular complexity index is 600. The molecule has 0 aliphatic heterocycles. The van der Waals surface area contributed by atoms with Crippen molar-refractivity contribution in [1.29, 1.82) is 0 Å². The summed E-state index contributed by atoms with van der Waals surface area (Å²) in [6.07, 6.45) is 0.275. The van der Waals surface area contributed by atoms with E-state index in [1.165, 1.54) is 7.11 Å². The number of ether oxygens (including phenoxy) is 1. The smallest absolute Gasteiger partial charge is 0.171 e. The number of ketones is 1. The molecule has 4 nitrogen and oxygen atoms in total. The summed E-state index contributed by atoms with van der Waals surface area (Å²) < 4.78 is 5.12. The van der Waals surface area contributed by atoms with Gasteiger partial charge in [0.15, 0.2) is 5.78 Å². The summed E-state index contributed by atoms with van der Waals surface area (Å²) in [7, 11) is 1.54. The van der Waals surface area contributed by atoms with Crippen molar-refractivity contribution in [2.75, 3.05) is 12.8 Å². The fourth-order valence-electron chi connectivity index (χ4n) is 1.81. The Labute approximate surface area is 116 Å². The van der Waals surface area contributed by atoms with Crippen LogP contribution < -0.4 is 10.5 Å². The Morgan fingerprint density at radius 1 is 1.42 bits per heavy atom. The second-order valence-electron chi connectivity index (χ2n) is 4.27. The lowest BCUT2D eigenvalue weighted by atomic mass is 10.1. The molecule has 0 radical (unpaired) electrons. The molecule has 19 heavy (non-hydrogen) atoms. The van der Waals surface area contributed by atoms with Crippen LogP contribution in [0.4, 0.5) is 5.69 Å². The lowest BCUT2D eigenvalue weighted by Crippen LogP contribution is -2.08. The topological polar surface area (TPSA) is 65.2 Å². The van der Waals surface area contributed by atoms with E-state index >= 15 is 0 Å². The number of Topliss-reactive ketones (excluding diaryl/α,β-unsaturated/α-hetero) is 1. The molecule has 2 rings (SSSR count). The van der Waals surface area contributed by atoms with Crippen molar-refractivity contribution in [2.45, 2.75) is 20.3 Å². The number of benzene rings is 1. The van der Waals surface area contributed by atoms with Gasteiger partial charge in [0.05, 0.1) is 24.9 Å². The number of rotatable bonds is 4. The van der Waals surface area contributed by atoms with Gasteiger partial charge in [0, 0.05) is 10.4 Å². The number of nitrogens with zero attached hydrogens (tertiary/aromatic N) is 1. The molecule has 0 spiro atoms. The molecule has 0 unspecified atom stereocenters. The largest absolute Gasteiger partial charge is 0.495 e. The summed E-state index contributed by atoms with van der Waals surface area (Å²) in [5, 5.41) is 0.821. The van der Waals surface area contributed by atoms with Crippen molar-refractivity contribution in [1.82, 2.24) is 4.98 Å². The average Bonchev–Trinajstić information content (AvgIpc) is 2.68. The number of carbonyl (C=O) groups is 1. The van der Waals surface area contributed by atoms with Gasteiger partial charge < -0.3 is 10.5 Å². The first-order chi connectivity index (χ1) is 9.02. The number of hydrogen-bond acceptors (Lipinski definition) is 5. The maximum absolute atomic E-state index is 12.3. The molecule has 1 aromatic heterocycles. The molecule has 0 fully saturated rings. The number of methoxy groups -OCH3 is 1. The molecule has 0 aliphatic rings. The Morgan fingerprint density at radius 3 is 2.74 bits per heavy atom. The third-order valence-electron chi connectivity index (χ3n) is 2.97. The summed E-state index contributed by atoms with van der Waals surface area (Å²) in [5.41, 5.74) is 7.78. The minimum absolute atomic E-state index is 0.0369. The zero-order valence-corrected chi connectivity index (χ0v) is 12.0. The highest BCUT2D eigenvalue weighted by Gasteiger charge is 2.15. The van der Waals surface area contributed by atoms with E-state index in [1.54, 1.807) is 29.5 Å². The first kappa shape index (κ1) is 13.5. The SMILES string of the molecule is COc1cccc(C(=O)Cc2nc(C)c(C)s2)c1N. The summed E-state index contributed by atoms with van der Waals surface area (Å²) >= 11 is 1.55. The fraction of sp³-hybridized carbons (Fsp3) is 0.286. The number of thiazole rings is 1. The van der Waals surface area contributed by atoms with Crippen LogP contribution in [0.1, 0.15) is 25.9 Å². The average molecular weight is 276 g/mol. The molecule has 0 amide bonds. The number of aromatic nitrogens is 1. The number of aryl methyl sites for hydroxylation is 2. The van der Waals surface area contributed by atoms with Crippen LogP contribution in [0.3, 0.4) is 0 Å². The van der Waals surface area contributed by atoms with Crippen LogP contribution in [0.25, 0.3) is 0 Å². The molecule has 2 aromatic rings. The standard InChI is InChI=1S/C14H16N2O2S/c1-8-9(2)19-13(16-8)7-11(17)10-5-4-6-12(18-3)14(10)15/h4-6H,7,15H2,1-3H3. The summed E-state index contributed by atoms with van der Waals surface area (Å²) in [6, 6.07) is 5.22. The van der Waals surface area contributed by atoms with E-state index in [4.69, 9.17) is 10.5 Å². The Balaban J connectivity index is 2.25. The molecule has 0 aliphatic carbocycles. The van der Waals surface area contributed by atoms with E-state index in [9.17, 15) is 4.79 Å². The molecule has 0 bridgehead atoms. The van der Waals surface area contributed by atoms with Crippen molar-refractivity contribution < 1.29 is 9.53 Å². The number of nitrogen functional groups attached to an aromatic ring is 1. The molecule has 2 N–H and O–H groups in total. The minimum atomic E-state index is -0.0369. The van der Waals surface area contributed by atoms with Gasteiger partial charge in [0.25, 0.3) is 0 Å². The highest BCUT2D eigenvalue weighted by molar-refractivity contribution is 7.11. The van der Waals surface area contributed by atoms with E-state index in [2.05, 4.69) is 4.98 Å². The molecule has 1 heterocycles. The van der Waals surface area contributed by atoms with E-state index in [0.717, 1.165) is 15.6 Å². The lowest BCUT2D eigenvalue weighted by Gasteiger charge is -2.08. The molecule has 0 saturated carbocycles. The molecule has 0 atom stereocenters. The first-order valence-corrected chi connectivity index (χ1v) is 6.73. The van der Waals surface area contributed by atoms with Crippen molar-refractivity contribution in [3.63, 3.8) is 0 Å². The highest BCUT2D eigenvalue weighted by atomic mass is 32.1. The summed E-state index contributed by atoms with van der Waals surface area (Å²) in [4.78, 5) is 17.8. The fourth-order valence-corrected chi connectivity index (χ4v) is 2.75. The van der Waals surface area contributed by atoms with Crippen LogP contribution >= 0.6 is 11.3 Å². The molecular formula is C14H16N2O2S. The second kappa shape index (κ2) is 5.40. The summed E-state index contributed by atoms with van der Waals surface area (Å²) in [5.74, 6) is 0.488. The normalized spacial score (nSPS) is 10.5. The van der Waals surface area contributed by atoms with Gasteiger partial charge in [-0.05, 0) is 26.0 Å². The van der Waals surface area contributed by atoms with Crippen molar-refractivity contribution in [3.05, 3.63) is 39.3 Å². The van der Waals surface area contributed by atoms with Gasteiger partial charge in [-0.25, -0.2) is 4.98 Å². The number of carbonyl (C=O) groups excluding carboxylic acids is 1. The number of para-hydroxylation sites is 1. The Morgan fingerprint density at radius 2 is 2.16 bits per heavy atom.